The second-order valence-corrected chi connectivity index (χ2v) is 4.93. The van der Waals surface area contributed by atoms with Crippen LogP contribution in [0.1, 0.15) is 50.9 Å². The van der Waals surface area contributed by atoms with Gasteiger partial charge in [-0.15, -0.1) is 0 Å². The molecular weight excluding hydrogens is 268 g/mol. The number of hydrogen-bond acceptors (Lipinski definition) is 4. The summed E-state index contributed by atoms with van der Waals surface area (Å²) in [5.74, 6) is 0.867. The minimum atomic E-state index is -0.192. The molecule has 21 heavy (non-hydrogen) atoms. The number of carbonyl (C=O) groups is 2. The summed E-state index contributed by atoms with van der Waals surface area (Å²) in [5, 5.41) is 0. The normalized spacial score (nSPS) is 11.8. The van der Waals surface area contributed by atoms with Crippen molar-refractivity contribution in [1.82, 2.24) is 0 Å². The van der Waals surface area contributed by atoms with Gasteiger partial charge in [0, 0.05) is 17.5 Å². The SMILES string of the molecule is CCOc1cc(OCC)cc(C(=O)CC(=O)C(C)CC)c1. The average Bonchev–Trinajstić information content (AvgIpc) is 2.46. The van der Waals surface area contributed by atoms with Gasteiger partial charge in [-0.25, -0.2) is 0 Å². The molecule has 1 aromatic rings. The second-order valence-electron chi connectivity index (χ2n) is 4.93. The molecule has 0 N–H and O–H groups in total. The number of carbonyl (C=O) groups excluding carboxylic acids is 2. The Bertz CT molecular complexity index is 469. The predicted molar refractivity (Wildman–Crippen MR) is 82.2 cm³/mol. The fourth-order valence-electron chi connectivity index (χ4n) is 1.89. The zero-order valence-corrected chi connectivity index (χ0v) is 13.3. The van der Waals surface area contributed by atoms with Crippen molar-refractivity contribution in [3.8, 4) is 11.5 Å². The molecule has 0 spiro atoms. The van der Waals surface area contributed by atoms with Crippen molar-refractivity contribution < 1.29 is 19.1 Å². The Kier molecular flexibility index (Phi) is 6.92. The molecule has 0 aliphatic carbocycles. The summed E-state index contributed by atoms with van der Waals surface area (Å²) in [7, 11) is 0. The van der Waals surface area contributed by atoms with E-state index in [9.17, 15) is 9.59 Å². The summed E-state index contributed by atoms with van der Waals surface area (Å²) >= 11 is 0. The van der Waals surface area contributed by atoms with Gasteiger partial charge in [0.1, 0.15) is 17.3 Å². The van der Waals surface area contributed by atoms with Crippen molar-refractivity contribution in [1.29, 1.82) is 0 Å². The number of benzene rings is 1. The number of ketones is 2. The monoisotopic (exact) mass is 292 g/mol. The van der Waals surface area contributed by atoms with Crippen LogP contribution in [0.4, 0.5) is 0 Å². The van der Waals surface area contributed by atoms with Crippen LogP contribution < -0.4 is 9.47 Å². The Morgan fingerprint density at radius 2 is 1.52 bits per heavy atom. The lowest BCUT2D eigenvalue weighted by Gasteiger charge is -2.11. The fraction of sp³-hybridized carbons (Fsp3) is 0.529. The van der Waals surface area contributed by atoms with Gasteiger partial charge in [0.25, 0.3) is 0 Å². The number of ether oxygens (including phenoxy) is 2. The van der Waals surface area contributed by atoms with Crippen LogP contribution in [0.15, 0.2) is 18.2 Å². The van der Waals surface area contributed by atoms with Crippen molar-refractivity contribution in [3.05, 3.63) is 23.8 Å². The highest BCUT2D eigenvalue weighted by atomic mass is 16.5. The van der Waals surface area contributed by atoms with Crippen molar-refractivity contribution in [2.24, 2.45) is 5.92 Å². The Hall–Kier alpha value is -1.84. The summed E-state index contributed by atoms with van der Waals surface area (Å²) in [6.45, 7) is 8.56. The van der Waals surface area contributed by atoms with E-state index in [2.05, 4.69) is 0 Å². The van der Waals surface area contributed by atoms with Gasteiger partial charge in [-0.05, 0) is 32.4 Å². The molecule has 0 bridgehead atoms. The number of hydrogen-bond donors (Lipinski definition) is 0. The molecule has 0 saturated heterocycles. The van der Waals surface area contributed by atoms with E-state index in [4.69, 9.17) is 9.47 Å². The predicted octanol–water partition coefficient (Wildman–Crippen LogP) is 3.67. The van der Waals surface area contributed by atoms with Crippen LogP contribution >= 0.6 is 0 Å². The molecule has 1 rings (SSSR count). The maximum Gasteiger partial charge on any atom is 0.170 e. The van der Waals surface area contributed by atoms with Crippen LogP contribution in [-0.2, 0) is 4.79 Å². The van der Waals surface area contributed by atoms with Crippen molar-refractivity contribution >= 4 is 11.6 Å². The first-order valence-electron chi connectivity index (χ1n) is 7.48. The highest BCUT2D eigenvalue weighted by Gasteiger charge is 2.18. The molecule has 0 aliphatic rings. The van der Waals surface area contributed by atoms with Crippen LogP contribution in [0, 0.1) is 5.92 Å². The summed E-state index contributed by atoms with van der Waals surface area (Å²) in [4.78, 5) is 24.2. The van der Waals surface area contributed by atoms with Crippen LogP contribution in [0.3, 0.4) is 0 Å². The Labute approximate surface area is 126 Å². The van der Waals surface area contributed by atoms with Gasteiger partial charge in [-0.1, -0.05) is 13.8 Å². The molecule has 0 saturated carbocycles. The molecule has 1 unspecified atom stereocenters. The summed E-state index contributed by atoms with van der Waals surface area (Å²) < 4.78 is 10.9. The lowest BCUT2D eigenvalue weighted by Crippen LogP contribution is -2.15. The summed E-state index contributed by atoms with van der Waals surface area (Å²) in [5.41, 5.74) is 0.459. The molecule has 0 aliphatic heterocycles. The van der Waals surface area contributed by atoms with Crippen molar-refractivity contribution in [3.63, 3.8) is 0 Å². The lowest BCUT2D eigenvalue weighted by molar-refractivity contribution is -0.121. The van der Waals surface area contributed by atoms with Crippen LogP contribution in [0.25, 0.3) is 0 Å². The molecule has 0 fully saturated rings. The minimum absolute atomic E-state index is 0.0257. The quantitative estimate of drug-likeness (QED) is 0.514. The Balaban J connectivity index is 2.93. The third kappa shape index (κ3) is 5.21. The van der Waals surface area contributed by atoms with Crippen molar-refractivity contribution in [2.75, 3.05) is 13.2 Å². The third-order valence-corrected chi connectivity index (χ3v) is 3.32. The van der Waals surface area contributed by atoms with Gasteiger partial charge in [0.05, 0.1) is 19.6 Å². The molecule has 4 nitrogen and oxygen atoms in total. The maximum absolute atomic E-state index is 12.3. The molecular formula is C17H24O4. The summed E-state index contributed by atoms with van der Waals surface area (Å²) in [6, 6.07) is 5.08. The van der Waals surface area contributed by atoms with E-state index < -0.39 is 0 Å². The standard InChI is InChI=1S/C17H24O4/c1-5-12(4)16(18)11-17(19)13-8-14(20-6-2)10-15(9-13)21-7-3/h8-10,12H,5-7,11H2,1-4H3. The number of Topliss-reactive ketones (excluding diaryl/α,β-unsaturated/α-hetero) is 2. The molecule has 0 radical (unpaired) electrons. The molecule has 0 amide bonds. The van der Waals surface area contributed by atoms with E-state index in [0.29, 0.717) is 30.3 Å². The van der Waals surface area contributed by atoms with E-state index in [1.54, 1.807) is 18.2 Å². The fourth-order valence-corrected chi connectivity index (χ4v) is 1.89. The van der Waals surface area contributed by atoms with Crippen LogP contribution in [-0.4, -0.2) is 24.8 Å². The largest absolute Gasteiger partial charge is 0.494 e. The first-order chi connectivity index (χ1) is 10.0. The first kappa shape index (κ1) is 17.2. The molecule has 4 heteroatoms. The van der Waals surface area contributed by atoms with Gasteiger partial charge >= 0.3 is 0 Å². The zero-order valence-electron chi connectivity index (χ0n) is 13.3. The van der Waals surface area contributed by atoms with E-state index in [1.807, 2.05) is 27.7 Å². The Morgan fingerprint density at radius 3 is 1.95 bits per heavy atom. The highest BCUT2D eigenvalue weighted by molar-refractivity contribution is 6.08. The molecule has 116 valence electrons. The van der Waals surface area contributed by atoms with Crippen LogP contribution in [0.5, 0.6) is 11.5 Å². The first-order valence-corrected chi connectivity index (χ1v) is 7.48. The molecule has 1 atom stereocenters. The van der Waals surface area contributed by atoms with Gasteiger partial charge in [0.2, 0.25) is 0 Å². The van der Waals surface area contributed by atoms with Crippen molar-refractivity contribution in [2.45, 2.75) is 40.5 Å². The number of rotatable bonds is 9. The second kappa shape index (κ2) is 8.45. The minimum Gasteiger partial charge on any atom is -0.494 e. The molecule has 1 aromatic carbocycles. The van der Waals surface area contributed by atoms with Crippen LogP contribution in [0.2, 0.25) is 0 Å². The van der Waals surface area contributed by atoms with Gasteiger partial charge in [-0.3, -0.25) is 9.59 Å². The molecule has 0 heterocycles. The van der Waals surface area contributed by atoms with E-state index in [-0.39, 0.29) is 23.9 Å². The third-order valence-electron chi connectivity index (χ3n) is 3.32. The smallest absolute Gasteiger partial charge is 0.170 e. The summed E-state index contributed by atoms with van der Waals surface area (Å²) in [6.07, 6.45) is 0.672. The van der Waals surface area contributed by atoms with E-state index >= 15 is 0 Å². The van der Waals surface area contributed by atoms with Gasteiger partial charge < -0.3 is 9.47 Å². The molecule has 0 aromatic heterocycles. The zero-order chi connectivity index (χ0) is 15.8. The Morgan fingerprint density at radius 1 is 1.00 bits per heavy atom. The van der Waals surface area contributed by atoms with Gasteiger partial charge in [0.15, 0.2) is 5.78 Å². The van der Waals surface area contributed by atoms with E-state index in [0.717, 1.165) is 6.42 Å². The maximum atomic E-state index is 12.3. The lowest BCUT2D eigenvalue weighted by atomic mass is 9.96. The van der Waals surface area contributed by atoms with E-state index in [1.165, 1.54) is 0 Å². The topological polar surface area (TPSA) is 52.6 Å². The van der Waals surface area contributed by atoms with Gasteiger partial charge in [-0.2, -0.15) is 0 Å². The average molecular weight is 292 g/mol. The highest BCUT2D eigenvalue weighted by Crippen LogP contribution is 2.24.